The Morgan fingerprint density at radius 2 is 2.12 bits per heavy atom. The van der Waals surface area contributed by atoms with Crippen molar-refractivity contribution in [1.29, 1.82) is 0 Å². The largest absolute Gasteiger partial charge is 0.316 e. The van der Waals surface area contributed by atoms with Gasteiger partial charge in [0.25, 0.3) is 0 Å². The molecule has 0 spiro atoms. The molecule has 98 valence electrons. The minimum atomic E-state index is 0.637. The maximum atomic E-state index is 4.53. The molecule has 1 heterocycles. The summed E-state index contributed by atoms with van der Waals surface area (Å²) >= 11 is 3.67. The molecule has 0 fully saturated rings. The van der Waals surface area contributed by atoms with Crippen LogP contribution in [0.1, 0.15) is 38.6 Å². The maximum Gasteiger partial charge on any atom is 0.0766 e. The van der Waals surface area contributed by atoms with Crippen molar-refractivity contribution < 1.29 is 0 Å². The normalized spacial score (nSPS) is 13.0. The SMILES string of the molecule is CCCNCC(C)Cc1c(Br)c(CC)nn1C. The van der Waals surface area contributed by atoms with Gasteiger partial charge in [-0.15, -0.1) is 0 Å². The van der Waals surface area contributed by atoms with Gasteiger partial charge < -0.3 is 5.32 Å². The van der Waals surface area contributed by atoms with Crippen molar-refractivity contribution >= 4 is 15.9 Å². The zero-order valence-electron chi connectivity index (χ0n) is 11.4. The van der Waals surface area contributed by atoms with E-state index < -0.39 is 0 Å². The first-order chi connectivity index (χ1) is 8.10. The van der Waals surface area contributed by atoms with E-state index in [4.69, 9.17) is 0 Å². The molecule has 0 aliphatic rings. The van der Waals surface area contributed by atoms with E-state index in [1.807, 2.05) is 11.7 Å². The second kappa shape index (κ2) is 7.17. The van der Waals surface area contributed by atoms with Crippen molar-refractivity contribution in [3.63, 3.8) is 0 Å². The van der Waals surface area contributed by atoms with Crippen molar-refractivity contribution in [2.75, 3.05) is 13.1 Å². The second-order valence-corrected chi connectivity index (χ2v) is 5.49. The van der Waals surface area contributed by atoms with E-state index in [0.29, 0.717) is 5.92 Å². The summed E-state index contributed by atoms with van der Waals surface area (Å²) in [7, 11) is 2.03. The van der Waals surface area contributed by atoms with Gasteiger partial charge in [-0.1, -0.05) is 20.8 Å². The molecule has 0 aliphatic heterocycles. The molecule has 1 aromatic heterocycles. The van der Waals surface area contributed by atoms with Crippen molar-refractivity contribution in [2.24, 2.45) is 13.0 Å². The van der Waals surface area contributed by atoms with Crippen LogP contribution < -0.4 is 5.32 Å². The predicted octanol–water partition coefficient (Wildman–Crippen LogP) is 2.92. The smallest absolute Gasteiger partial charge is 0.0766 e. The number of hydrogen-bond donors (Lipinski definition) is 1. The fraction of sp³-hybridized carbons (Fsp3) is 0.769. The van der Waals surface area contributed by atoms with Crippen molar-refractivity contribution in [1.82, 2.24) is 15.1 Å². The molecule has 0 amide bonds. The standard InChI is InChI=1S/C13H24BrN3/c1-5-7-15-9-10(3)8-12-13(14)11(6-2)16-17(12)4/h10,15H,5-9H2,1-4H3. The third-order valence-corrected chi connectivity index (χ3v) is 3.88. The van der Waals surface area contributed by atoms with E-state index in [1.165, 1.54) is 16.6 Å². The highest BCUT2D eigenvalue weighted by Crippen LogP contribution is 2.23. The Morgan fingerprint density at radius 1 is 1.41 bits per heavy atom. The van der Waals surface area contributed by atoms with Gasteiger partial charge in [-0.2, -0.15) is 5.10 Å². The quantitative estimate of drug-likeness (QED) is 0.785. The molecular weight excluding hydrogens is 278 g/mol. The Kier molecular flexibility index (Phi) is 6.20. The van der Waals surface area contributed by atoms with Crippen LogP contribution in [0, 0.1) is 5.92 Å². The van der Waals surface area contributed by atoms with Crippen molar-refractivity contribution in [3.8, 4) is 0 Å². The Balaban J connectivity index is 2.58. The molecule has 0 aliphatic carbocycles. The van der Waals surface area contributed by atoms with Crippen LogP contribution in [-0.2, 0) is 19.9 Å². The van der Waals surface area contributed by atoms with Crippen LogP contribution in [0.4, 0.5) is 0 Å². The van der Waals surface area contributed by atoms with E-state index in [9.17, 15) is 0 Å². The Bertz CT molecular complexity index is 347. The average molecular weight is 302 g/mol. The van der Waals surface area contributed by atoms with Crippen LogP contribution in [0.15, 0.2) is 4.47 Å². The van der Waals surface area contributed by atoms with Gasteiger partial charge in [-0.05, 0) is 54.2 Å². The lowest BCUT2D eigenvalue weighted by atomic mass is 10.1. The molecule has 0 radical (unpaired) electrons. The lowest BCUT2D eigenvalue weighted by Crippen LogP contribution is -2.23. The van der Waals surface area contributed by atoms with Gasteiger partial charge in [0.05, 0.1) is 15.9 Å². The van der Waals surface area contributed by atoms with Crippen LogP contribution in [0.5, 0.6) is 0 Å². The first kappa shape index (κ1) is 14.7. The minimum absolute atomic E-state index is 0.637. The van der Waals surface area contributed by atoms with Crippen LogP contribution in [0.2, 0.25) is 0 Å². The van der Waals surface area contributed by atoms with E-state index in [1.54, 1.807) is 0 Å². The summed E-state index contributed by atoms with van der Waals surface area (Å²) in [5.74, 6) is 0.637. The minimum Gasteiger partial charge on any atom is -0.316 e. The fourth-order valence-electron chi connectivity index (χ4n) is 1.97. The summed E-state index contributed by atoms with van der Waals surface area (Å²) in [6, 6.07) is 0. The first-order valence-corrected chi connectivity index (χ1v) is 7.30. The molecule has 1 aromatic rings. The average Bonchev–Trinajstić information content (AvgIpc) is 2.57. The Morgan fingerprint density at radius 3 is 2.65 bits per heavy atom. The monoisotopic (exact) mass is 301 g/mol. The summed E-state index contributed by atoms with van der Waals surface area (Å²) < 4.78 is 3.21. The number of hydrogen-bond acceptors (Lipinski definition) is 2. The topological polar surface area (TPSA) is 29.9 Å². The molecule has 0 bridgehead atoms. The highest BCUT2D eigenvalue weighted by molar-refractivity contribution is 9.10. The molecule has 0 aromatic carbocycles. The lowest BCUT2D eigenvalue weighted by Gasteiger charge is -2.12. The highest BCUT2D eigenvalue weighted by atomic mass is 79.9. The van der Waals surface area contributed by atoms with E-state index in [0.717, 1.165) is 31.6 Å². The fourth-order valence-corrected chi connectivity index (χ4v) is 2.75. The molecule has 4 heteroatoms. The molecule has 1 unspecified atom stereocenters. The van der Waals surface area contributed by atoms with Gasteiger partial charge in [-0.3, -0.25) is 4.68 Å². The van der Waals surface area contributed by atoms with E-state index in [-0.39, 0.29) is 0 Å². The number of nitrogens with one attached hydrogen (secondary N) is 1. The van der Waals surface area contributed by atoms with Crippen molar-refractivity contribution in [3.05, 3.63) is 15.9 Å². The van der Waals surface area contributed by atoms with Gasteiger partial charge in [-0.25, -0.2) is 0 Å². The number of rotatable bonds is 7. The molecule has 1 rings (SSSR count). The molecule has 1 N–H and O–H groups in total. The van der Waals surface area contributed by atoms with Gasteiger partial charge >= 0.3 is 0 Å². The third-order valence-electron chi connectivity index (χ3n) is 2.96. The Hall–Kier alpha value is -0.350. The summed E-state index contributed by atoms with van der Waals surface area (Å²) in [6.45, 7) is 8.81. The van der Waals surface area contributed by atoms with Crippen LogP contribution in [0.25, 0.3) is 0 Å². The molecule has 0 saturated carbocycles. The van der Waals surface area contributed by atoms with Gasteiger partial charge in [0, 0.05) is 7.05 Å². The zero-order valence-corrected chi connectivity index (χ0v) is 13.0. The lowest BCUT2D eigenvalue weighted by molar-refractivity contribution is 0.494. The van der Waals surface area contributed by atoms with E-state index >= 15 is 0 Å². The Labute approximate surface area is 113 Å². The van der Waals surface area contributed by atoms with Crippen LogP contribution >= 0.6 is 15.9 Å². The first-order valence-electron chi connectivity index (χ1n) is 6.51. The van der Waals surface area contributed by atoms with Gasteiger partial charge in [0.1, 0.15) is 0 Å². The van der Waals surface area contributed by atoms with Crippen LogP contribution in [0.3, 0.4) is 0 Å². The second-order valence-electron chi connectivity index (χ2n) is 4.70. The maximum absolute atomic E-state index is 4.53. The molecule has 0 saturated heterocycles. The summed E-state index contributed by atoms with van der Waals surface area (Å²) in [4.78, 5) is 0. The number of nitrogens with zero attached hydrogens (tertiary/aromatic N) is 2. The molecule has 3 nitrogen and oxygen atoms in total. The van der Waals surface area contributed by atoms with E-state index in [2.05, 4.69) is 47.1 Å². The van der Waals surface area contributed by atoms with Gasteiger partial charge in [0.15, 0.2) is 0 Å². The summed E-state index contributed by atoms with van der Waals surface area (Å²) in [6.07, 6.45) is 3.25. The number of aromatic nitrogens is 2. The molecular formula is C13H24BrN3. The van der Waals surface area contributed by atoms with Crippen LogP contribution in [-0.4, -0.2) is 22.9 Å². The number of aryl methyl sites for hydroxylation is 2. The van der Waals surface area contributed by atoms with Crippen molar-refractivity contribution in [2.45, 2.75) is 40.0 Å². The highest BCUT2D eigenvalue weighted by Gasteiger charge is 2.14. The zero-order chi connectivity index (χ0) is 12.8. The van der Waals surface area contributed by atoms with Gasteiger partial charge in [0.2, 0.25) is 0 Å². The predicted molar refractivity (Wildman–Crippen MR) is 76.3 cm³/mol. The number of halogens is 1. The summed E-state index contributed by atoms with van der Waals surface area (Å²) in [5, 5.41) is 8.00. The summed E-state index contributed by atoms with van der Waals surface area (Å²) in [5.41, 5.74) is 2.48. The third kappa shape index (κ3) is 4.11. The molecule has 17 heavy (non-hydrogen) atoms. The molecule has 1 atom stereocenters.